The molecule has 0 aromatic heterocycles. The van der Waals surface area contributed by atoms with Crippen LogP contribution in [0.25, 0.3) is 0 Å². The topological polar surface area (TPSA) is 119 Å². The van der Waals surface area contributed by atoms with Crippen molar-refractivity contribution < 1.29 is 24.0 Å². The maximum atomic E-state index is 12.8. The Morgan fingerprint density at radius 1 is 1.37 bits per heavy atom. The molecule has 144 valence electrons. The highest BCUT2D eigenvalue weighted by atomic mass is 16.6. The fourth-order valence-electron chi connectivity index (χ4n) is 3.78. The number of esters is 1. The summed E-state index contributed by atoms with van der Waals surface area (Å²) >= 11 is 0. The van der Waals surface area contributed by atoms with Gasteiger partial charge in [0, 0.05) is 6.07 Å². The molecule has 1 aromatic rings. The molecule has 0 radical (unpaired) electrons. The highest BCUT2D eigenvalue weighted by Gasteiger charge is 2.55. The van der Waals surface area contributed by atoms with Gasteiger partial charge in [-0.05, 0) is 24.8 Å². The molecule has 2 fully saturated rings. The number of hydrogen-bond acceptors (Lipinski definition) is 6. The number of hydrogen-bond donors (Lipinski definition) is 1. The third kappa shape index (κ3) is 3.49. The van der Waals surface area contributed by atoms with Gasteiger partial charge in [0.15, 0.2) is 0 Å². The Hall–Kier alpha value is -2.97. The summed E-state index contributed by atoms with van der Waals surface area (Å²) in [5, 5.41) is 13.8. The van der Waals surface area contributed by atoms with Gasteiger partial charge in [0.25, 0.3) is 11.6 Å². The van der Waals surface area contributed by atoms with Crippen molar-refractivity contribution in [2.24, 2.45) is 5.92 Å². The lowest BCUT2D eigenvalue weighted by Crippen LogP contribution is -2.54. The summed E-state index contributed by atoms with van der Waals surface area (Å²) in [7, 11) is 0. The molecule has 3 amide bonds. The van der Waals surface area contributed by atoms with Crippen molar-refractivity contribution in [3.05, 3.63) is 39.9 Å². The fourth-order valence-corrected chi connectivity index (χ4v) is 3.78. The van der Waals surface area contributed by atoms with Crippen LogP contribution < -0.4 is 5.32 Å². The van der Waals surface area contributed by atoms with Crippen LogP contribution in [0.15, 0.2) is 24.3 Å². The molecule has 1 aliphatic carbocycles. The number of para-hydroxylation sites is 1. The van der Waals surface area contributed by atoms with Crippen LogP contribution in [0.5, 0.6) is 0 Å². The average Bonchev–Trinajstić information content (AvgIpc) is 2.87. The van der Waals surface area contributed by atoms with Crippen LogP contribution in [0, 0.1) is 16.0 Å². The second kappa shape index (κ2) is 7.34. The van der Waals surface area contributed by atoms with E-state index in [1.165, 1.54) is 18.2 Å². The summed E-state index contributed by atoms with van der Waals surface area (Å²) in [5.74, 6) is -1.20. The number of nitro benzene ring substituents is 1. The first-order valence-electron chi connectivity index (χ1n) is 8.87. The molecule has 1 aliphatic heterocycles. The summed E-state index contributed by atoms with van der Waals surface area (Å²) < 4.78 is 5.06. The van der Waals surface area contributed by atoms with E-state index < -0.39 is 34.9 Å². The van der Waals surface area contributed by atoms with Crippen molar-refractivity contribution >= 4 is 23.6 Å². The standard InChI is InChI=1S/C18H21N3O6/c1-12-6-4-5-9-18(12)16(23)20(17(24)19-18)10-15(22)27-11-13-7-2-3-8-14(13)21(25)26/h2-3,7-8,12H,4-6,9-11H2,1H3,(H,19,24)/t12-,18+/m0/s1. The van der Waals surface area contributed by atoms with Crippen LogP contribution in [0.3, 0.4) is 0 Å². The van der Waals surface area contributed by atoms with E-state index in [1.54, 1.807) is 6.07 Å². The zero-order valence-corrected chi connectivity index (χ0v) is 15.0. The molecule has 9 nitrogen and oxygen atoms in total. The maximum Gasteiger partial charge on any atom is 0.326 e. The van der Waals surface area contributed by atoms with Crippen molar-refractivity contribution in [2.75, 3.05) is 6.54 Å². The third-order valence-corrected chi connectivity index (χ3v) is 5.37. The van der Waals surface area contributed by atoms with Gasteiger partial charge in [-0.3, -0.25) is 24.6 Å². The second-order valence-electron chi connectivity index (χ2n) is 6.99. The molecule has 3 rings (SSSR count). The van der Waals surface area contributed by atoms with Gasteiger partial charge in [-0.1, -0.05) is 31.9 Å². The van der Waals surface area contributed by atoms with Gasteiger partial charge in [-0.15, -0.1) is 0 Å². The van der Waals surface area contributed by atoms with Crippen LogP contribution >= 0.6 is 0 Å². The lowest BCUT2D eigenvalue weighted by molar-refractivity contribution is -0.385. The highest BCUT2D eigenvalue weighted by Crippen LogP contribution is 2.38. The summed E-state index contributed by atoms with van der Waals surface area (Å²) in [5.41, 5.74) is -0.853. The monoisotopic (exact) mass is 375 g/mol. The number of benzene rings is 1. The van der Waals surface area contributed by atoms with E-state index in [-0.39, 0.29) is 23.8 Å². The van der Waals surface area contributed by atoms with Gasteiger partial charge in [-0.2, -0.15) is 0 Å². The molecule has 2 atom stereocenters. The predicted molar refractivity (Wildman–Crippen MR) is 93.5 cm³/mol. The van der Waals surface area contributed by atoms with Crippen LogP contribution in [0.4, 0.5) is 10.5 Å². The first-order chi connectivity index (χ1) is 12.8. The van der Waals surface area contributed by atoms with E-state index in [0.717, 1.165) is 24.2 Å². The van der Waals surface area contributed by atoms with Gasteiger partial charge in [-0.25, -0.2) is 4.79 Å². The van der Waals surface area contributed by atoms with Crippen molar-refractivity contribution in [3.8, 4) is 0 Å². The number of nitrogens with one attached hydrogen (secondary N) is 1. The number of ether oxygens (including phenoxy) is 1. The minimum Gasteiger partial charge on any atom is -0.459 e. The van der Waals surface area contributed by atoms with Crippen LogP contribution in [0.2, 0.25) is 0 Å². The number of nitro groups is 1. The summed E-state index contributed by atoms with van der Waals surface area (Å²) in [4.78, 5) is 48.5. The quantitative estimate of drug-likeness (QED) is 0.364. The zero-order valence-electron chi connectivity index (χ0n) is 15.0. The van der Waals surface area contributed by atoms with Crippen LogP contribution in [-0.2, 0) is 20.9 Å². The van der Waals surface area contributed by atoms with E-state index >= 15 is 0 Å². The highest BCUT2D eigenvalue weighted by molar-refractivity contribution is 6.08. The van der Waals surface area contributed by atoms with E-state index in [0.29, 0.717) is 6.42 Å². The largest absolute Gasteiger partial charge is 0.459 e. The Morgan fingerprint density at radius 3 is 2.81 bits per heavy atom. The van der Waals surface area contributed by atoms with Gasteiger partial charge < -0.3 is 10.1 Å². The van der Waals surface area contributed by atoms with E-state index in [4.69, 9.17) is 4.74 Å². The molecular formula is C18H21N3O6. The van der Waals surface area contributed by atoms with E-state index in [2.05, 4.69) is 5.32 Å². The predicted octanol–water partition coefficient (Wildman–Crippen LogP) is 2.14. The van der Waals surface area contributed by atoms with Crippen molar-refractivity contribution in [1.29, 1.82) is 0 Å². The van der Waals surface area contributed by atoms with Crippen molar-refractivity contribution in [3.63, 3.8) is 0 Å². The molecule has 27 heavy (non-hydrogen) atoms. The number of urea groups is 1. The Bertz CT molecular complexity index is 795. The average molecular weight is 375 g/mol. The molecular weight excluding hydrogens is 354 g/mol. The van der Waals surface area contributed by atoms with Gasteiger partial charge in [0.05, 0.1) is 10.5 Å². The Morgan fingerprint density at radius 2 is 2.11 bits per heavy atom. The molecule has 1 aromatic carbocycles. The number of carbonyl (C=O) groups is 3. The number of carbonyl (C=O) groups excluding carboxylic acids is 3. The van der Waals surface area contributed by atoms with Gasteiger partial charge >= 0.3 is 12.0 Å². The SMILES string of the molecule is C[C@H]1CCCC[C@@]12NC(=O)N(CC(=O)OCc1ccccc1[N+](=O)[O-])C2=O. The lowest BCUT2D eigenvalue weighted by atomic mass is 9.73. The summed E-state index contributed by atoms with van der Waals surface area (Å²) in [6.45, 7) is 1.11. The Labute approximate surface area is 155 Å². The first-order valence-corrected chi connectivity index (χ1v) is 8.87. The third-order valence-electron chi connectivity index (χ3n) is 5.37. The second-order valence-corrected chi connectivity index (χ2v) is 6.99. The smallest absolute Gasteiger partial charge is 0.326 e. The van der Waals surface area contributed by atoms with Crippen LogP contribution in [0.1, 0.15) is 38.2 Å². The summed E-state index contributed by atoms with van der Waals surface area (Å²) in [6, 6.07) is 5.31. The van der Waals surface area contributed by atoms with E-state index in [9.17, 15) is 24.5 Å². The minimum atomic E-state index is -0.937. The van der Waals surface area contributed by atoms with Gasteiger partial charge in [0.1, 0.15) is 18.7 Å². The molecule has 1 spiro atoms. The Kier molecular flexibility index (Phi) is 5.11. The Balaban J connectivity index is 1.64. The molecule has 0 bridgehead atoms. The lowest BCUT2D eigenvalue weighted by Gasteiger charge is -2.36. The fraction of sp³-hybridized carbons (Fsp3) is 0.500. The van der Waals surface area contributed by atoms with Crippen molar-refractivity contribution in [2.45, 2.75) is 44.8 Å². The number of imide groups is 1. The minimum absolute atomic E-state index is 0.00399. The van der Waals surface area contributed by atoms with Crippen molar-refractivity contribution in [1.82, 2.24) is 10.2 Å². The van der Waals surface area contributed by atoms with E-state index in [1.807, 2.05) is 6.92 Å². The molecule has 9 heteroatoms. The van der Waals surface area contributed by atoms with Crippen LogP contribution in [-0.4, -0.2) is 39.8 Å². The first kappa shape index (κ1) is 18.8. The molecule has 1 saturated carbocycles. The normalized spacial score (nSPS) is 24.8. The molecule has 1 heterocycles. The number of rotatable bonds is 5. The molecule has 2 aliphatic rings. The summed E-state index contributed by atoms with van der Waals surface area (Å²) in [6.07, 6.45) is 3.23. The molecule has 1 N–H and O–H groups in total. The maximum absolute atomic E-state index is 12.8. The number of nitrogens with zero attached hydrogens (tertiary/aromatic N) is 2. The molecule has 1 saturated heterocycles. The number of amides is 3. The molecule has 0 unspecified atom stereocenters. The zero-order chi connectivity index (χ0) is 19.6. The van der Waals surface area contributed by atoms with Gasteiger partial charge in [0.2, 0.25) is 0 Å².